The second kappa shape index (κ2) is 5.77. The molecule has 108 valence electrons. The molecule has 0 saturated carbocycles. The zero-order chi connectivity index (χ0) is 14.8. The quantitative estimate of drug-likeness (QED) is 0.577. The largest absolute Gasteiger partial charge is 0.358 e. The summed E-state index contributed by atoms with van der Waals surface area (Å²) in [5.41, 5.74) is 2.74. The molecule has 2 aromatic heterocycles. The Labute approximate surface area is 127 Å². The van der Waals surface area contributed by atoms with Crippen molar-refractivity contribution in [1.29, 1.82) is 0 Å². The van der Waals surface area contributed by atoms with Gasteiger partial charge in [-0.2, -0.15) is 0 Å². The molecule has 21 heavy (non-hydrogen) atoms. The lowest BCUT2D eigenvalue weighted by Crippen LogP contribution is -2.05. The molecule has 0 spiro atoms. The number of para-hydroxylation sites is 1. The summed E-state index contributed by atoms with van der Waals surface area (Å²) in [5.74, 6) is 0.542. The van der Waals surface area contributed by atoms with Gasteiger partial charge in [-0.25, -0.2) is 4.98 Å². The molecule has 3 rings (SSSR count). The highest BCUT2D eigenvalue weighted by Gasteiger charge is 2.16. The van der Waals surface area contributed by atoms with Crippen molar-refractivity contribution in [2.75, 3.05) is 5.75 Å². The van der Waals surface area contributed by atoms with Crippen LogP contribution in [0.4, 0.5) is 0 Å². The monoisotopic (exact) mass is 299 g/mol. The first-order valence-corrected chi connectivity index (χ1v) is 7.93. The number of carbonyl (C=O) groups is 1. The minimum atomic E-state index is 0.139. The van der Waals surface area contributed by atoms with Crippen LogP contribution in [0.3, 0.4) is 0 Å². The molecule has 0 fully saturated rings. The molecule has 5 heteroatoms. The second-order valence-corrected chi connectivity index (χ2v) is 5.82. The lowest BCUT2D eigenvalue weighted by Gasteiger charge is -2.04. The number of hydrogen-bond donors (Lipinski definition) is 1. The van der Waals surface area contributed by atoms with Gasteiger partial charge in [0.05, 0.1) is 5.75 Å². The molecule has 0 aliphatic heterocycles. The normalized spacial score (nSPS) is 11.1. The molecule has 2 heterocycles. The molecule has 0 radical (unpaired) electrons. The van der Waals surface area contributed by atoms with E-state index in [0.717, 1.165) is 33.9 Å². The maximum absolute atomic E-state index is 12.6. The molecule has 3 aromatic rings. The lowest BCUT2D eigenvalue weighted by molar-refractivity contribution is 0.102. The van der Waals surface area contributed by atoms with Crippen LogP contribution in [0.2, 0.25) is 0 Å². The number of imidazole rings is 1. The Morgan fingerprint density at radius 3 is 3.00 bits per heavy atom. The Morgan fingerprint density at radius 1 is 1.38 bits per heavy atom. The van der Waals surface area contributed by atoms with Gasteiger partial charge in [0, 0.05) is 41.1 Å². The van der Waals surface area contributed by atoms with Gasteiger partial charge in [-0.15, -0.1) is 0 Å². The maximum Gasteiger partial charge on any atom is 0.175 e. The molecule has 0 aliphatic rings. The third-order valence-electron chi connectivity index (χ3n) is 3.52. The summed E-state index contributed by atoms with van der Waals surface area (Å²) < 4.78 is 2.04. The minimum absolute atomic E-state index is 0.139. The van der Waals surface area contributed by atoms with Gasteiger partial charge < -0.3 is 9.55 Å². The van der Waals surface area contributed by atoms with E-state index in [0.29, 0.717) is 5.75 Å². The minimum Gasteiger partial charge on any atom is -0.358 e. The summed E-state index contributed by atoms with van der Waals surface area (Å²) in [5, 5.41) is 1.89. The number of aromatic nitrogens is 3. The van der Waals surface area contributed by atoms with Crippen molar-refractivity contribution in [3.05, 3.63) is 47.9 Å². The Kier molecular flexibility index (Phi) is 3.84. The molecule has 0 aliphatic carbocycles. The van der Waals surface area contributed by atoms with E-state index in [2.05, 4.69) is 16.9 Å². The summed E-state index contributed by atoms with van der Waals surface area (Å²) in [4.78, 5) is 20.1. The summed E-state index contributed by atoms with van der Waals surface area (Å²) in [7, 11) is 0. The van der Waals surface area contributed by atoms with Crippen LogP contribution >= 0.6 is 11.8 Å². The van der Waals surface area contributed by atoms with E-state index in [1.165, 1.54) is 11.8 Å². The smallest absolute Gasteiger partial charge is 0.175 e. The van der Waals surface area contributed by atoms with Crippen LogP contribution in [-0.2, 0) is 6.54 Å². The van der Waals surface area contributed by atoms with Gasteiger partial charge in [-0.1, -0.05) is 30.0 Å². The number of aromatic amines is 1. The number of Topliss-reactive ketones (excluding diaryl/α,β-unsaturated/α-hetero) is 1. The fourth-order valence-corrected chi connectivity index (χ4v) is 3.41. The fraction of sp³-hybridized carbons (Fsp3) is 0.250. The average molecular weight is 299 g/mol. The Morgan fingerprint density at radius 2 is 2.19 bits per heavy atom. The van der Waals surface area contributed by atoms with Crippen LogP contribution in [0, 0.1) is 6.92 Å². The molecule has 4 nitrogen and oxygen atoms in total. The van der Waals surface area contributed by atoms with E-state index in [1.54, 1.807) is 6.20 Å². The first-order valence-electron chi connectivity index (χ1n) is 6.95. The van der Waals surface area contributed by atoms with Crippen LogP contribution < -0.4 is 0 Å². The number of hydrogen-bond acceptors (Lipinski definition) is 3. The SMILES string of the molecule is CCn1ccnc1SCC(=O)c1c(C)[nH]c2ccccc12. The third kappa shape index (κ3) is 2.61. The molecule has 0 saturated heterocycles. The highest BCUT2D eigenvalue weighted by Crippen LogP contribution is 2.25. The van der Waals surface area contributed by atoms with Crippen LogP contribution in [0.15, 0.2) is 41.8 Å². The standard InChI is InChI=1S/C16H17N3OS/c1-3-19-9-8-17-16(19)21-10-14(20)15-11(2)18-13-7-5-4-6-12(13)15/h4-9,18H,3,10H2,1-2H3. The molecular formula is C16H17N3OS. The highest BCUT2D eigenvalue weighted by molar-refractivity contribution is 7.99. The highest BCUT2D eigenvalue weighted by atomic mass is 32.2. The van der Waals surface area contributed by atoms with Crippen molar-refractivity contribution < 1.29 is 4.79 Å². The Bertz CT molecular complexity index is 788. The summed E-state index contributed by atoms with van der Waals surface area (Å²) >= 11 is 1.49. The number of thioether (sulfide) groups is 1. The van der Waals surface area contributed by atoms with E-state index in [-0.39, 0.29) is 5.78 Å². The fourth-order valence-electron chi connectivity index (χ4n) is 2.51. The zero-order valence-electron chi connectivity index (χ0n) is 12.1. The number of benzene rings is 1. The van der Waals surface area contributed by atoms with Crippen molar-refractivity contribution in [1.82, 2.24) is 14.5 Å². The first-order chi connectivity index (χ1) is 10.2. The number of fused-ring (bicyclic) bond motifs is 1. The molecule has 0 unspecified atom stereocenters. The van der Waals surface area contributed by atoms with Crippen LogP contribution in [0.25, 0.3) is 10.9 Å². The van der Waals surface area contributed by atoms with Gasteiger partial charge in [0.1, 0.15) is 0 Å². The first kappa shape index (κ1) is 13.9. The number of rotatable bonds is 5. The van der Waals surface area contributed by atoms with E-state index in [9.17, 15) is 4.79 Å². The summed E-state index contributed by atoms with van der Waals surface area (Å²) in [6, 6.07) is 7.92. The number of H-pyrrole nitrogens is 1. The molecular weight excluding hydrogens is 282 g/mol. The van der Waals surface area contributed by atoms with Crippen molar-refractivity contribution in [3.63, 3.8) is 0 Å². The van der Waals surface area contributed by atoms with Crippen molar-refractivity contribution >= 4 is 28.4 Å². The predicted molar refractivity (Wildman–Crippen MR) is 86.0 cm³/mol. The van der Waals surface area contributed by atoms with Crippen molar-refractivity contribution in [2.45, 2.75) is 25.5 Å². The van der Waals surface area contributed by atoms with E-state index in [1.807, 2.05) is 42.0 Å². The maximum atomic E-state index is 12.6. The Balaban J connectivity index is 1.83. The van der Waals surface area contributed by atoms with Gasteiger partial charge in [0.15, 0.2) is 10.9 Å². The topological polar surface area (TPSA) is 50.7 Å². The molecule has 1 aromatic carbocycles. The summed E-state index contributed by atoms with van der Waals surface area (Å²) in [6.45, 7) is 4.88. The van der Waals surface area contributed by atoms with Gasteiger partial charge in [-0.3, -0.25) is 4.79 Å². The second-order valence-electron chi connectivity index (χ2n) is 4.88. The molecule has 1 N–H and O–H groups in total. The number of nitrogens with one attached hydrogen (secondary N) is 1. The third-order valence-corrected chi connectivity index (χ3v) is 4.53. The Hall–Kier alpha value is -2.01. The zero-order valence-corrected chi connectivity index (χ0v) is 12.9. The lowest BCUT2D eigenvalue weighted by atomic mass is 10.1. The average Bonchev–Trinajstić information content (AvgIpc) is 3.07. The van der Waals surface area contributed by atoms with Crippen molar-refractivity contribution in [3.8, 4) is 0 Å². The number of aryl methyl sites for hydroxylation is 2. The van der Waals surface area contributed by atoms with Gasteiger partial charge >= 0.3 is 0 Å². The van der Waals surface area contributed by atoms with Gasteiger partial charge in [-0.05, 0) is 19.9 Å². The molecule has 0 atom stereocenters. The number of carbonyl (C=O) groups excluding carboxylic acids is 1. The van der Waals surface area contributed by atoms with Crippen LogP contribution in [0.5, 0.6) is 0 Å². The number of nitrogens with zero attached hydrogens (tertiary/aromatic N) is 2. The molecule has 0 bridgehead atoms. The van der Waals surface area contributed by atoms with E-state index < -0.39 is 0 Å². The van der Waals surface area contributed by atoms with Crippen LogP contribution in [0.1, 0.15) is 23.0 Å². The molecule has 0 amide bonds. The summed E-state index contributed by atoms with van der Waals surface area (Å²) in [6.07, 6.45) is 3.71. The van der Waals surface area contributed by atoms with E-state index in [4.69, 9.17) is 0 Å². The predicted octanol–water partition coefficient (Wildman–Crippen LogP) is 3.67. The van der Waals surface area contributed by atoms with Gasteiger partial charge in [0.2, 0.25) is 0 Å². The van der Waals surface area contributed by atoms with Crippen molar-refractivity contribution in [2.24, 2.45) is 0 Å². The number of ketones is 1. The van der Waals surface area contributed by atoms with Gasteiger partial charge in [0.25, 0.3) is 0 Å². The van der Waals surface area contributed by atoms with E-state index >= 15 is 0 Å². The van der Waals surface area contributed by atoms with Crippen LogP contribution in [-0.4, -0.2) is 26.1 Å².